The summed E-state index contributed by atoms with van der Waals surface area (Å²) in [6.07, 6.45) is 3.07. The van der Waals surface area contributed by atoms with Gasteiger partial charge in [0, 0.05) is 84.8 Å². The Morgan fingerprint density at radius 3 is 2.30 bits per heavy atom. The molecule has 5 aromatic carbocycles. The number of fused-ring (bicyclic) bond motifs is 2. The van der Waals surface area contributed by atoms with Crippen molar-refractivity contribution in [1.82, 2.24) is 14.5 Å². The summed E-state index contributed by atoms with van der Waals surface area (Å²) in [6, 6.07) is 36.9. The van der Waals surface area contributed by atoms with Gasteiger partial charge in [-0.2, -0.15) is 0 Å². The maximum Gasteiger partial charge on any atom is 0.293 e. The molecule has 0 aromatic heterocycles. The van der Waals surface area contributed by atoms with Crippen LogP contribution in [0.25, 0.3) is 11.1 Å². The highest BCUT2D eigenvalue weighted by Crippen LogP contribution is 2.37. The lowest BCUT2D eigenvalue weighted by Gasteiger charge is -2.36. The summed E-state index contributed by atoms with van der Waals surface area (Å²) in [7, 11) is -4.43. The minimum atomic E-state index is -4.43. The molecular formula is C46H49ClN6O5S2. The van der Waals surface area contributed by atoms with E-state index in [9.17, 15) is 23.3 Å². The number of carbonyl (C=O) groups excluding carboxylic acids is 1. The molecule has 11 nitrogen and oxygen atoms in total. The van der Waals surface area contributed by atoms with Gasteiger partial charge in [-0.3, -0.25) is 19.8 Å². The number of nitrogens with one attached hydrogen (secondary N) is 2. The summed E-state index contributed by atoms with van der Waals surface area (Å²) < 4.78 is 29.1. The number of nitro groups is 1. The number of amides is 1. The Labute approximate surface area is 361 Å². The monoisotopic (exact) mass is 864 g/mol. The van der Waals surface area contributed by atoms with Crippen LogP contribution >= 0.6 is 23.4 Å². The second-order valence-corrected chi connectivity index (χ2v) is 19.2. The van der Waals surface area contributed by atoms with Crippen molar-refractivity contribution in [2.75, 3.05) is 61.8 Å². The number of rotatable bonds is 16. The van der Waals surface area contributed by atoms with Crippen LogP contribution in [0.3, 0.4) is 0 Å². The topological polar surface area (TPSA) is 128 Å². The van der Waals surface area contributed by atoms with E-state index in [0.717, 1.165) is 80.9 Å². The average Bonchev–Trinajstić information content (AvgIpc) is 3.90. The molecule has 2 unspecified atom stereocenters. The molecule has 3 heterocycles. The molecule has 5 aromatic rings. The SMILES string of the molecule is O=C(NS(=O)(=O)c1ccc(N[C@H](CCC2CN3CC[C@@H]2C3)CSc2ccccc2)c([N+](=O)[O-])c1)c1ccc(N2CCN(Cc3ccccc3-c3ccc(Cl)cc3)CC2)cc1. The molecule has 60 heavy (non-hydrogen) atoms. The van der Waals surface area contributed by atoms with Crippen LogP contribution in [0, 0.1) is 22.0 Å². The van der Waals surface area contributed by atoms with E-state index in [0.29, 0.717) is 22.6 Å². The summed E-state index contributed by atoms with van der Waals surface area (Å²) >= 11 is 7.81. The fourth-order valence-corrected chi connectivity index (χ4v) is 10.9. The lowest BCUT2D eigenvalue weighted by atomic mass is 9.87. The van der Waals surface area contributed by atoms with E-state index >= 15 is 0 Å². The van der Waals surface area contributed by atoms with E-state index in [4.69, 9.17) is 11.6 Å². The molecule has 1 amide bonds. The van der Waals surface area contributed by atoms with E-state index < -0.39 is 20.9 Å². The molecular weight excluding hydrogens is 816 g/mol. The molecule has 8 rings (SSSR count). The third-order valence-electron chi connectivity index (χ3n) is 12.0. The maximum absolute atomic E-state index is 13.5. The molecule has 0 spiro atoms. The predicted molar refractivity (Wildman–Crippen MR) is 240 cm³/mol. The first kappa shape index (κ1) is 41.8. The quantitative estimate of drug-likeness (QED) is 0.0565. The molecule has 0 aliphatic carbocycles. The van der Waals surface area contributed by atoms with Crippen LogP contribution in [-0.2, 0) is 16.6 Å². The first-order valence-corrected chi connectivity index (χ1v) is 23.4. The number of benzene rings is 5. The minimum Gasteiger partial charge on any atom is -0.376 e. The van der Waals surface area contributed by atoms with Crippen LogP contribution < -0.4 is 14.9 Å². The maximum atomic E-state index is 13.5. The molecule has 2 N–H and O–H groups in total. The van der Waals surface area contributed by atoms with Gasteiger partial charge in [-0.1, -0.05) is 66.2 Å². The van der Waals surface area contributed by atoms with Crippen molar-refractivity contribution < 1.29 is 18.1 Å². The summed E-state index contributed by atoms with van der Waals surface area (Å²) in [5, 5.41) is 16.5. The van der Waals surface area contributed by atoms with Crippen LogP contribution in [-0.4, -0.2) is 86.7 Å². The smallest absolute Gasteiger partial charge is 0.293 e. The third-order valence-corrected chi connectivity index (χ3v) is 14.8. The number of piperidine rings is 1. The first-order valence-electron chi connectivity index (χ1n) is 20.5. The van der Waals surface area contributed by atoms with E-state index in [1.807, 2.05) is 72.8 Å². The Balaban J connectivity index is 0.879. The van der Waals surface area contributed by atoms with Crippen LogP contribution in [0.1, 0.15) is 35.2 Å². The van der Waals surface area contributed by atoms with Crippen molar-refractivity contribution in [1.29, 1.82) is 0 Å². The summed E-state index contributed by atoms with van der Waals surface area (Å²) in [4.78, 5) is 33.0. The summed E-state index contributed by atoms with van der Waals surface area (Å²) in [6.45, 7) is 7.53. The number of nitrogens with zero attached hydrogens (tertiary/aromatic N) is 4. The first-order chi connectivity index (χ1) is 29.1. The third kappa shape index (κ3) is 10.2. The molecule has 2 bridgehead atoms. The zero-order chi connectivity index (χ0) is 41.6. The van der Waals surface area contributed by atoms with Gasteiger partial charge < -0.3 is 15.1 Å². The van der Waals surface area contributed by atoms with Crippen molar-refractivity contribution in [2.24, 2.45) is 11.8 Å². The van der Waals surface area contributed by atoms with Gasteiger partial charge in [0.1, 0.15) is 5.69 Å². The Morgan fingerprint density at radius 1 is 0.867 bits per heavy atom. The molecule has 3 aliphatic rings. The fourth-order valence-electron chi connectivity index (χ4n) is 8.76. The van der Waals surface area contributed by atoms with Gasteiger partial charge in [-0.05, 0) is 115 Å². The minimum absolute atomic E-state index is 0.0831. The van der Waals surface area contributed by atoms with E-state index in [1.165, 1.54) is 36.2 Å². The second-order valence-electron chi connectivity index (χ2n) is 16.0. The number of halogens is 1. The molecule has 3 saturated heterocycles. The second kappa shape index (κ2) is 18.8. The highest BCUT2D eigenvalue weighted by Gasteiger charge is 2.38. The number of nitro benzene ring substituents is 1. The lowest BCUT2D eigenvalue weighted by molar-refractivity contribution is -0.384. The largest absolute Gasteiger partial charge is 0.376 e. The van der Waals surface area contributed by atoms with Gasteiger partial charge in [-0.15, -0.1) is 11.8 Å². The van der Waals surface area contributed by atoms with Crippen molar-refractivity contribution in [3.63, 3.8) is 0 Å². The number of sulfonamides is 1. The Hall–Kier alpha value is -4.92. The van der Waals surface area contributed by atoms with Gasteiger partial charge in [0.05, 0.1) is 9.82 Å². The molecule has 3 aliphatic heterocycles. The average molecular weight is 866 g/mol. The van der Waals surface area contributed by atoms with Gasteiger partial charge >= 0.3 is 0 Å². The van der Waals surface area contributed by atoms with E-state index in [-0.39, 0.29) is 27.9 Å². The van der Waals surface area contributed by atoms with Gasteiger partial charge in [-0.25, -0.2) is 13.1 Å². The molecule has 0 saturated carbocycles. The standard InChI is InChI=1S/C46H49ClN6O5S2/c47-38-15-10-33(11-16-38)43-9-5-4-6-37(43)31-50-24-26-52(27-25-50)40-18-13-34(14-19-40)46(54)49-60(57,58)42-20-21-44(45(28-42)53(55)56)48-39(32-59-41-7-2-1-3-8-41)17-12-35-29-51-23-22-36(35)30-51/h1-11,13-16,18-21,28,35-36,39,48H,12,17,22-27,29-32H2,(H,49,54)/t35?,36-,39-/m1/s1. The van der Waals surface area contributed by atoms with Gasteiger partial charge in [0.25, 0.3) is 21.6 Å². The summed E-state index contributed by atoms with van der Waals surface area (Å²) in [5.41, 5.74) is 4.55. The number of thioether (sulfide) groups is 1. The highest BCUT2D eigenvalue weighted by atomic mass is 35.5. The molecule has 4 atom stereocenters. The van der Waals surface area contributed by atoms with Crippen LogP contribution in [0.4, 0.5) is 17.1 Å². The zero-order valence-corrected chi connectivity index (χ0v) is 35.7. The zero-order valence-electron chi connectivity index (χ0n) is 33.3. The Morgan fingerprint density at radius 2 is 1.60 bits per heavy atom. The van der Waals surface area contributed by atoms with E-state index in [1.54, 1.807) is 23.9 Å². The highest BCUT2D eigenvalue weighted by molar-refractivity contribution is 7.99. The molecule has 0 radical (unpaired) electrons. The molecule has 312 valence electrons. The van der Waals surface area contributed by atoms with Crippen molar-refractivity contribution in [2.45, 2.75) is 41.6 Å². The number of piperazine rings is 1. The predicted octanol–water partition coefficient (Wildman–Crippen LogP) is 8.66. The lowest BCUT2D eigenvalue weighted by Crippen LogP contribution is -2.46. The number of hydrogen-bond donors (Lipinski definition) is 2. The van der Waals surface area contributed by atoms with Crippen molar-refractivity contribution >= 4 is 56.4 Å². The van der Waals surface area contributed by atoms with Crippen molar-refractivity contribution in [3.8, 4) is 11.1 Å². The van der Waals surface area contributed by atoms with Gasteiger partial charge in [0.15, 0.2) is 0 Å². The Kier molecular flexibility index (Phi) is 13.1. The number of hydrogen-bond acceptors (Lipinski definition) is 10. The molecule has 3 fully saturated rings. The van der Waals surface area contributed by atoms with Crippen molar-refractivity contribution in [3.05, 3.63) is 148 Å². The Bertz CT molecular complexity index is 2400. The molecule has 14 heteroatoms. The van der Waals surface area contributed by atoms with Crippen LogP contribution in [0.5, 0.6) is 0 Å². The van der Waals surface area contributed by atoms with Crippen LogP contribution in [0.2, 0.25) is 5.02 Å². The fraction of sp³-hybridized carbons (Fsp3) is 0.326. The van der Waals surface area contributed by atoms with Gasteiger partial charge in [0.2, 0.25) is 0 Å². The summed E-state index contributed by atoms with van der Waals surface area (Å²) in [5.74, 6) is 1.20. The number of anilines is 2. The van der Waals surface area contributed by atoms with Crippen LogP contribution in [0.15, 0.2) is 131 Å². The number of carbonyl (C=O) groups is 1. The van der Waals surface area contributed by atoms with E-state index in [2.05, 4.69) is 42.9 Å². The normalized spacial score (nSPS) is 19.6.